The molecule has 3 heterocycles. The molecule has 0 spiro atoms. The molecule has 1 N–H and O–H groups in total. The normalized spacial score (nSPS) is 21.2. The molecule has 0 unspecified atom stereocenters. The molecule has 1 atom stereocenters. The fraction of sp³-hybridized carbons (Fsp3) is 0.412. The van der Waals surface area contributed by atoms with Crippen LogP contribution in [-0.4, -0.2) is 51.9 Å². The van der Waals surface area contributed by atoms with Gasteiger partial charge in [-0.1, -0.05) is 6.07 Å². The minimum atomic E-state index is -3.91. The van der Waals surface area contributed by atoms with Crippen LogP contribution in [0.5, 0.6) is 0 Å². The fourth-order valence-electron chi connectivity index (χ4n) is 3.01. The molecule has 0 saturated carbocycles. The number of thiophene rings is 1. The van der Waals surface area contributed by atoms with E-state index in [2.05, 4.69) is 4.98 Å². The van der Waals surface area contributed by atoms with E-state index in [9.17, 15) is 18.3 Å². The maximum atomic E-state index is 13.2. The number of carbonyl (C=O) groups is 1. The van der Waals surface area contributed by atoms with E-state index in [4.69, 9.17) is 0 Å². The van der Waals surface area contributed by atoms with Gasteiger partial charge in [0.2, 0.25) is 0 Å². The van der Waals surface area contributed by atoms with Crippen LogP contribution in [-0.2, 0) is 14.8 Å². The molecule has 1 fully saturated rings. The number of sulfonamides is 1. The lowest BCUT2D eigenvalue weighted by atomic mass is 10.0. The Morgan fingerprint density at radius 1 is 1.31 bits per heavy atom. The van der Waals surface area contributed by atoms with Crippen molar-refractivity contribution in [3.8, 4) is 10.6 Å². The molecule has 0 radical (unpaired) electrons. The average Bonchev–Trinajstić information content (AvgIpc) is 3.02. The number of pyridine rings is 1. The Labute approximate surface area is 161 Å². The number of hydrogen-bond donors (Lipinski definition) is 1. The van der Waals surface area contributed by atoms with Crippen LogP contribution in [0.15, 0.2) is 40.7 Å². The zero-order valence-corrected chi connectivity index (χ0v) is 16.9. The summed E-state index contributed by atoms with van der Waals surface area (Å²) in [5.74, 6) is -0.388. The molecule has 6 nitrogen and oxygen atoms in total. The van der Waals surface area contributed by atoms with E-state index in [1.54, 1.807) is 32.2 Å². The highest BCUT2D eigenvalue weighted by Crippen LogP contribution is 2.39. The van der Waals surface area contributed by atoms with Crippen LogP contribution < -0.4 is 0 Å². The van der Waals surface area contributed by atoms with E-state index < -0.39 is 26.8 Å². The number of aromatic nitrogens is 1. The number of aliphatic carboxylic acids is 1. The molecule has 0 bridgehead atoms. The van der Waals surface area contributed by atoms with Crippen molar-refractivity contribution >= 4 is 39.1 Å². The minimum Gasteiger partial charge on any atom is -0.480 e. The van der Waals surface area contributed by atoms with Crippen molar-refractivity contribution in [2.75, 3.05) is 12.3 Å². The van der Waals surface area contributed by atoms with E-state index in [1.807, 2.05) is 12.1 Å². The van der Waals surface area contributed by atoms with E-state index >= 15 is 0 Å². The topological polar surface area (TPSA) is 87.6 Å². The number of carboxylic acid groups (broad SMARTS) is 1. The monoisotopic (exact) mass is 412 g/mol. The van der Waals surface area contributed by atoms with Gasteiger partial charge in [0.05, 0.1) is 10.6 Å². The molecular weight excluding hydrogens is 392 g/mol. The second-order valence-corrected chi connectivity index (χ2v) is 11.4. The Hall–Kier alpha value is -1.42. The van der Waals surface area contributed by atoms with Crippen molar-refractivity contribution in [1.82, 2.24) is 9.29 Å². The second-order valence-electron chi connectivity index (χ2n) is 6.50. The van der Waals surface area contributed by atoms with Gasteiger partial charge in [0.1, 0.15) is 10.3 Å². The van der Waals surface area contributed by atoms with E-state index in [1.165, 1.54) is 17.8 Å². The van der Waals surface area contributed by atoms with Crippen molar-refractivity contribution in [2.24, 2.45) is 0 Å². The number of carboxylic acids is 1. The van der Waals surface area contributed by atoms with Crippen LogP contribution in [0.1, 0.15) is 20.3 Å². The molecule has 0 aromatic carbocycles. The van der Waals surface area contributed by atoms with Crippen molar-refractivity contribution in [1.29, 1.82) is 0 Å². The van der Waals surface area contributed by atoms with Gasteiger partial charge in [0.25, 0.3) is 10.0 Å². The van der Waals surface area contributed by atoms with E-state index in [0.717, 1.165) is 26.3 Å². The Morgan fingerprint density at radius 2 is 2.08 bits per heavy atom. The first-order valence-electron chi connectivity index (χ1n) is 8.13. The van der Waals surface area contributed by atoms with Gasteiger partial charge in [-0.25, -0.2) is 8.42 Å². The Balaban J connectivity index is 2.01. The first-order valence-corrected chi connectivity index (χ1v) is 11.4. The van der Waals surface area contributed by atoms with Gasteiger partial charge in [-0.3, -0.25) is 9.78 Å². The zero-order chi connectivity index (χ0) is 18.9. The molecule has 140 valence electrons. The van der Waals surface area contributed by atoms with Gasteiger partial charge in [-0.2, -0.15) is 16.1 Å². The van der Waals surface area contributed by atoms with Gasteiger partial charge >= 0.3 is 5.97 Å². The lowest BCUT2D eigenvalue weighted by Gasteiger charge is -2.35. The first kappa shape index (κ1) is 19.3. The number of nitrogens with zero attached hydrogens (tertiary/aromatic N) is 2. The third-order valence-corrected chi connectivity index (χ3v) is 9.14. The fourth-order valence-corrected chi connectivity index (χ4v) is 7.43. The summed E-state index contributed by atoms with van der Waals surface area (Å²) < 4.78 is 27.1. The maximum Gasteiger partial charge on any atom is 0.323 e. The summed E-state index contributed by atoms with van der Waals surface area (Å²) in [5.41, 5.74) is 0.695. The second kappa shape index (κ2) is 7.30. The predicted octanol–water partition coefficient (Wildman–Crippen LogP) is 3.17. The Kier molecular flexibility index (Phi) is 5.43. The lowest BCUT2D eigenvalue weighted by molar-refractivity contribution is -0.142. The van der Waals surface area contributed by atoms with Gasteiger partial charge in [0, 0.05) is 17.5 Å². The number of hydrogen-bond acceptors (Lipinski definition) is 6. The Bertz CT molecular complexity index is 894. The highest BCUT2D eigenvalue weighted by atomic mass is 32.2. The largest absolute Gasteiger partial charge is 0.480 e. The van der Waals surface area contributed by atoms with Gasteiger partial charge < -0.3 is 5.11 Å². The van der Waals surface area contributed by atoms with Crippen molar-refractivity contribution in [3.05, 3.63) is 36.5 Å². The SMILES string of the molecule is CC1(C)SCCCN(S(=O)(=O)c2ccc(-c3ccccn3)s2)[C@H]1C(=O)O. The van der Waals surface area contributed by atoms with Crippen LogP contribution in [0.4, 0.5) is 0 Å². The summed E-state index contributed by atoms with van der Waals surface area (Å²) in [4.78, 5) is 16.9. The highest BCUT2D eigenvalue weighted by Gasteiger charge is 2.47. The van der Waals surface area contributed by atoms with Gasteiger partial charge in [-0.05, 0) is 50.3 Å². The van der Waals surface area contributed by atoms with Crippen LogP contribution in [0.25, 0.3) is 10.6 Å². The summed E-state index contributed by atoms with van der Waals surface area (Å²) >= 11 is 2.62. The third kappa shape index (κ3) is 3.66. The third-order valence-electron chi connectivity index (χ3n) is 4.24. The summed E-state index contributed by atoms with van der Waals surface area (Å²) in [6.45, 7) is 3.78. The lowest BCUT2D eigenvalue weighted by Crippen LogP contribution is -2.53. The summed E-state index contributed by atoms with van der Waals surface area (Å²) in [7, 11) is -3.91. The van der Waals surface area contributed by atoms with Crippen LogP contribution in [0.2, 0.25) is 0 Å². The predicted molar refractivity (Wildman–Crippen MR) is 104 cm³/mol. The molecule has 2 aromatic rings. The molecule has 1 aliphatic rings. The molecule has 9 heteroatoms. The number of rotatable bonds is 4. The van der Waals surface area contributed by atoms with Crippen molar-refractivity contribution in [2.45, 2.75) is 35.3 Å². The smallest absolute Gasteiger partial charge is 0.323 e. The summed E-state index contributed by atoms with van der Waals surface area (Å²) in [6, 6.07) is 7.59. The molecule has 0 amide bonds. The van der Waals surface area contributed by atoms with E-state index in [0.29, 0.717) is 12.1 Å². The quantitative estimate of drug-likeness (QED) is 0.830. The van der Waals surface area contributed by atoms with Gasteiger partial charge in [0.15, 0.2) is 0 Å². The highest BCUT2D eigenvalue weighted by molar-refractivity contribution is 8.00. The van der Waals surface area contributed by atoms with E-state index in [-0.39, 0.29) is 10.8 Å². The molecule has 3 rings (SSSR count). The number of thioether (sulfide) groups is 1. The summed E-state index contributed by atoms with van der Waals surface area (Å²) in [5, 5.41) is 9.74. The average molecular weight is 413 g/mol. The summed E-state index contributed by atoms with van der Waals surface area (Å²) in [6.07, 6.45) is 2.27. The minimum absolute atomic E-state index is 0.145. The molecule has 26 heavy (non-hydrogen) atoms. The maximum absolute atomic E-state index is 13.2. The molecule has 1 saturated heterocycles. The molecule has 0 aliphatic carbocycles. The van der Waals surface area contributed by atoms with Crippen molar-refractivity contribution < 1.29 is 18.3 Å². The van der Waals surface area contributed by atoms with Crippen molar-refractivity contribution in [3.63, 3.8) is 0 Å². The molecule has 1 aliphatic heterocycles. The first-order chi connectivity index (χ1) is 12.2. The molecular formula is C17H20N2O4S3. The Morgan fingerprint density at radius 3 is 2.73 bits per heavy atom. The van der Waals surface area contributed by atoms with Gasteiger partial charge in [-0.15, -0.1) is 11.3 Å². The van der Waals surface area contributed by atoms with Crippen LogP contribution >= 0.6 is 23.1 Å². The molecule has 2 aromatic heterocycles. The standard InChI is InChI=1S/C17H20N2O4S3/c1-17(2)15(16(20)21)19(10-5-11-24-17)26(22,23)14-8-7-13(25-14)12-6-3-4-9-18-12/h3-4,6-9,15H,5,10-11H2,1-2H3,(H,20,21)/t15-/m0/s1. The van der Waals surface area contributed by atoms with Crippen LogP contribution in [0.3, 0.4) is 0 Å². The van der Waals surface area contributed by atoms with Crippen LogP contribution in [0, 0.1) is 0 Å². The zero-order valence-electron chi connectivity index (χ0n) is 14.5.